The molecule has 1 fully saturated rings. The second kappa shape index (κ2) is 6.06. The van der Waals surface area contributed by atoms with Gasteiger partial charge in [0, 0.05) is 26.1 Å². The molecule has 0 N–H and O–H groups in total. The lowest BCUT2D eigenvalue weighted by Gasteiger charge is -2.23. The molecule has 5 heteroatoms. The van der Waals surface area contributed by atoms with Crippen LogP contribution in [-0.2, 0) is 24.8 Å². The van der Waals surface area contributed by atoms with E-state index >= 15 is 0 Å². The molecule has 1 atom stereocenters. The Morgan fingerprint density at radius 3 is 2.84 bits per heavy atom. The molecule has 1 aliphatic heterocycles. The fourth-order valence-electron chi connectivity index (χ4n) is 2.85. The van der Waals surface area contributed by atoms with Gasteiger partial charge in [-0.05, 0) is 32.7 Å². The molecule has 2 heterocycles. The lowest BCUT2D eigenvalue weighted by atomic mass is 10.1. The van der Waals surface area contributed by atoms with Crippen LogP contribution in [0.2, 0.25) is 5.02 Å². The quantitative estimate of drug-likeness (QED) is 0.834. The number of carbonyl (C=O) groups excluding carboxylic acids is 1. The van der Waals surface area contributed by atoms with E-state index in [4.69, 9.17) is 11.6 Å². The highest BCUT2D eigenvalue weighted by atomic mass is 35.5. The molecule has 19 heavy (non-hydrogen) atoms. The van der Waals surface area contributed by atoms with Gasteiger partial charge in [-0.25, -0.2) is 0 Å². The Morgan fingerprint density at radius 1 is 1.53 bits per heavy atom. The number of hydrogen-bond donors (Lipinski definition) is 0. The van der Waals surface area contributed by atoms with Crippen molar-refractivity contribution in [2.24, 2.45) is 7.05 Å². The topological polar surface area (TPSA) is 38.1 Å². The molecule has 1 aromatic heterocycles. The minimum absolute atomic E-state index is 0.266. The van der Waals surface area contributed by atoms with Crippen LogP contribution < -0.4 is 0 Å². The molecule has 0 aromatic carbocycles. The summed E-state index contributed by atoms with van der Waals surface area (Å²) >= 11 is 6.38. The second-order valence-electron chi connectivity index (χ2n) is 5.36. The average Bonchev–Trinajstić information content (AvgIpc) is 2.88. The monoisotopic (exact) mass is 283 g/mol. The molecule has 0 radical (unpaired) electrons. The lowest BCUT2D eigenvalue weighted by Crippen LogP contribution is -2.31. The van der Waals surface area contributed by atoms with Crippen LogP contribution >= 0.6 is 11.6 Å². The Morgan fingerprint density at radius 2 is 2.26 bits per heavy atom. The average molecular weight is 284 g/mol. The number of rotatable bonds is 5. The van der Waals surface area contributed by atoms with E-state index in [0.29, 0.717) is 12.5 Å². The SMILES string of the molecule is CCc1nn(C)c(CN2CCCC2CC(C)=O)c1Cl. The van der Waals surface area contributed by atoms with Gasteiger partial charge in [0.25, 0.3) is 0 Å². The number of nitrogens with zero attached hydrogens (tertiary/aromatic N) is 3. The van der Waals surface area contributed by atoms with Crippen LogP contribution in [0.4, 0.5) is 0 Å². The summed E-state index contributed by atoms with van der Waals surface area (Å²) < 4.78 is 1.88. The summed E-state index contributed by atoms with van der Waals surface area (Å²) in [4.78, 5) is 13.7. The van der Waals surface area contributed by atoms with Gasteiger partial charge in [-0.1, -0.05) is 18.5 Å². The third-order valence-electron chi connectivity index (χ3n) is 3.88. The van der Waals surface area contributed by atoms with Crippen molar-refractivity contribution >= 4 is 17.4 Å². The Labute approximate surface area is 119 Å². The van der Waals surface area contributed by atoms with Crippen molar-refractivity contribution in [3.63, 3.8) is 0 Å². The summed E-state index contributed by atoms with van der Waals surface area (Å²) in [6.45, 7) is 5.57. The lowest BCUT2D eigenvalue weighted by molar-refractivity contribution is -0.118. The van der Waals surface area contributed by atoms with Crippen molar-refractivity contribution in [2.45, 2.75) is 52.1 Å². The van der Waals surface area contributed by atoms with Gasteiger partial charge >= 0.3 is 0 Å². The fraction of sp³-hybridized carbons (Fsp3) is 0.714. The molecule has 1 unspecified atom stereocenters. The van der Waals surface area contributed by atoms with Crippen LogP contribution in [0.15, 0.2) is 0 Å². The predicted octanol–water partition coefficient (Wildman–Crippen LogP) is 2.58. The number of aryl methyl sites for hydroxylation is 2. The summed E-state index contributed by atoms with van der Waals surface area (Å²) in [6.07, 6.45) is 3.77. The van der Waals surface area contributed by atoms with Gasteiger partial charge in [-0.15, -0.1) is 0 Å². The van der Waals surface area contributed by atoms with Crippen molar-refractivity contribution in [1.82, 2.24) is 14.7 Å². The molecule has 1 saturated heterocycles. The van der Waals surface area contributed by atoms with Crippen molar-refractivity contribution in [3.8, 4) is 0 Å². The number of hydrogen-bond acceptors (Lipinski definition) is 3. The standard InChI is InChI=1S/C14H22ClN3O/c1-4-12-14(15)13(17(3)16-12)9-18-7-5-6-11(18)8-10(2)19/h11H,4-9H2,1-3H3. The maximum absolute atomic E-state index is 11.3. The molecule has 0 spiro atoms. The smallest absolute Gasteiger partial charge is 0.131 e. The zero-order valence-corrected chi connectivity index (χ0v) is 12.7. The molecule has 0 bridgehead atoms. The zero-order valence-electron chi connectivity index (χ0n) is 11.9. The van der Waals surface area contributed by atoms with Crippen molar-refractivity contribution in [2.75, 3.05) is 6.54 Å². The van der Waals surface area contributed by atoms with Gasteiger partial charge in [0.1, 0.15) is 5.78 Å². The Kier molecular flexibility index (Phi) is 4.63. The van der Waals surface area contributed by atoms with E-state index in [1.54, 1.807) is 6.92 Å². The first-order valence-electron chi connectivity index (χ1n) is 6.96. The molecular formula is C14H22ClN3O. The third-order valence-corrected chi connectivity index (χ3v) is 4.31. The molecular weight excluding hydrogens is 262 g/mol. The van der Waals surface area contributed by atoms with E-state index in [2.05, 4.69) is 16.9 Å². The normalized spacial score (nSPS) is 20.1. The van der Waals surface area contributed by atoms with Gasteiger partial charge < -0.3 is 0 Å². The van der Waals surface area contributed by atoms with Crippen LogP contribution in [0.25, 0.3) is 0 Å². The molecule has 0 saturated carbocycles. The highest BCUT2D eigenvalue weighted by Gasteiger charge is 2.27. The van der Waals surface area contributed by atoms with E-state index in [0.717, 1.165) is 48.8 Å². The van der Waals surface area contributed by atoms with Gasteiger partial charge in [0.2, 0.25) is 0 Å². The van der Waals surface area contributed by atoms with Gasteiger partial charge in [0.15, 0.2) is 0 Å². The van der Waals surface area contributed by atoms with Crippen LogP contribution in [0.5, 0.6) is 0 Å². The van der Waals surface area contributed by atoms with E-state index < -0.39 is 0 Å². The minimum Gasteiger partial charge on any atom is -0.300 e. The van der Waals surface area contributed by atoms with E-state index in [9.17, 15) is 4.79 Å². The summed E-state index contributed by atoms with van der Waals surface area (Å²) in [6, 6.07) is 0.369. The second-order valence-corrected chi connectivity index (χ2v) is 5.74. The van der Waals surface area contributed by atoms with Crippen molar-refractivity contribution < 1.29 is 4.79 Å². The fourth-order valence-corrected chi connectivity index (χ4v) is 3.20. The van der Waals surface area contributed by atoms with Crippen LogP contribution in [0.3, 0.4) is 0 Å². The maximum atomic E-state index is 11.3. The highest BCUT2D eigenvalue weighted by Crippen LogP contribution is 2.27. The molecule has 0 amide bonds. The first-order chi connectivity index (χ1) is 9.02. The number of aromatic nitrogens is 2. The first kappa shape index (κ1) is 14.5. The first-order valence-corrected chi connectivity index (χ1v) is 7.34. The Balaban J connectivity index is 2.12. The molecule has 0 aliphatic carbocycles. The predicted molar refractivity (Wildman–Crippen MR) is 76.3 cm³/mol. The van der Waals surface area contributed by atoms with E-state index in [-0.39, 0.29) is 5.78 Å². The summed E-state index contributed by atoms with van der Waals surface area (Å²) in [5, 5.41) is 5.24. The number of halogens is 1. The molecule has 4 nitrogen and oxygen atoms in total. The summed E-state index contributed by atoms with van der Waals surface area (Å²) in [5.41, 5.74) is 2.02. The highest BCUT2D eigenvalue weighted by molar-refractivity contribution is 6.31. The van der Waals surface area contributed by atoms with Gasteiger partial charge in [0.05, 0.1) is 16.4 Å². The number of likely N-dealkylation sites (tertiary alicyclic amines) is 1. The maximum Gasteiger partial charge on any atom is 0.131 e. The van der Waals surface area contributed by atoms with Crippen LogP contribution in [0, 0.1) is 0 Å². The molecule has 106 valence electrons. The third kappa shape index (κ3) is 3.18. The van der Waals surface area contributed by atoms with Gasteiger partial charge in [-0.2, -0.15) is 5.10 Å². The summed E-state index contributed by atoms with van der Waals surface area (Å²) in [5.74, 6) is 0.266. The molecule has 1 aliphatic rings. The number of Topliss-reactive ketones (excluding diaryl/α,β-unsaturated/α-hetero) is 1. The van der Waals surface area contributed by atoms with Crippen LogP contribution in [-0.4, -0.2) is 33.1 Å². The molecule has 2 rings (SSSR count). The number of carbonyl (C=O) groups is 1. The Hall–Kier alpha value is -0.870. The van der Waals surface area contributed by atoms with E-state index in [1.165, 1.54) is 0 Å². The van der Waals surface area contributed by atoms with Crippen molar-refractivity contribution in [1.29, 1.82) is 0 Å². The van der Waals surface area contributed by atoms with E-state index in [1.807, 2.05) is 11.7 Å². The van der Waals surface area contributed by atoms with Crippen molar-refractivity contribution in [3.05, 3.63) is 16.4 Å². The largest absolute Gasteiger partial charge is 0.300 e. The number of ketones is 1. The Bertz CT molecular complexity index is 470. The van der Waals surface area contributed by atoms with Crippen LogP contribution in [0.1, 0.15) is 44.5 Å². The summed E-state index contributed by atoms with van der Waals surface area (Å²) in [7, 11) is 1.94. The van der Waals surface area contributed by atoms with Gasteiger partial charge in [-0.3, -0.25) is 14.4 Å². The molecule has 1 aromatic rings. The zero-order chi connectivity index (χ0) is 14.0. The minimum atomic E-state index is 0.266.